The second-order valence-electron chi connectivity index (χ2n) is 9.94. The average Bonchev–Trinajstić information content (AvgIpc) is 3.20. The second kappa shape index (κ2) is 10.7. The SMILES string of the molecule is C[C@H](N)C(=O)N[C@@H](C(=O)N1CCC[C@@H]1C(=O)N[C@@H]1CCCc2ccccc21)C(C)(C)C.Cl. The van der Waals surface area contributed by atoms with E-state index in [-0.39, 0.29) is 36.2 Å². The molecular weight excluding hydrogens is 428 g/mol. The molecule has 1 fully saturated rings. The highest BCUT2D eigenvalue weighted by Gasteiger charge is 2.42. The maximum atomic E-state index is 13.4. The third-order valence-electron chi connectivity index (χ3n) is 6.34. The van der Waals surface area contributed by atoms with Crippen molar-refractivity contribution in [1.29, 1.82) is 0 Å². The first-order valence-corrected chi connectivity index (χ1v) is 11.3. The van der Waals surface area contributed by atoms with E-state index >= 15 is 0 Å². The highest BCUT2D eigenvalue weighted by Crippen LogP contribution is 2.31. The standard InChI is InChI=1S/C24H36N4O3.ClH/c1-15(25)21(29)27-20(24(2,3)4)23(31)28-14-8-13-19(28)22(30)26-18-12-7-10-16-9-5-6-11-17(16)18;/h5-6,9,11,15,18-20H,7-8,10,12-14,25H2,1-4H3,(H,26,30)(H,27,29);1H/t15-,18+,19+,20-;/m0./s1. The Labute approximate surface area is 197 Å². The number of aryl methyl sites for hydroxylation is 1. The van der Waals surface area contributed by atoms with E-state index in [1.54, 1.807) is 11.8 Å². The number of carbonyl (C=O) groups excluding carboxylic acids is 3. The Morgan fingerprint density at radius 3 is 2.47 bits per heavy atom. The summed E-state index contributed by atoms with van der Waals surface area (Å²) in [5.41, 5.74) is 7.65. The van der Waals surface area contributed by atoms with Crippen LogP contribution in [0.4, 0.5) is 0 Å². The van der Waals surface area contributed by atoms with Crippen molar-refractivity contribution in [2.24, 2.45) is 11.1 Å². The van der Waals surface area contributed by atoms with Crippen LogP contribution >= 0.6 is 12.4 Å². The summed E-state index contributed by atoms with van der Waals surface area (Å²) in [6.07, 6.45) is 4.36. The molecule has 178 valence electrons. The smallest absolute Gasteiger partial charge is 0.246 e. The third kappa shape index (κ3) is 5.81. The van der Waals surface area contributed by atoms with Gasteiger partial charge in [0.15, 0.2) is 0 Å². The molecule has 1 aromatic carbocycles. The minimum atomic E-state index is -0.741. The lowest BCUT2D eigenvalue weighted by Crippen LogP contribution is -2.59. The van der Waals surface area contributed by atoms with Gasteiger partial charge in [0.2, 0.25) is 17.7 Å². The van der Waals surface area contributed by atoms with Gasteiger partial charge in [-0.3, -0.25) is 14.4 Å². The molecule has 1 heterocycles. The summed E-state index contributed by atoms with van der Waals surface area (Å²) in [5, 5.41) is 6.00. The Morgan fingerprint density at radius 2 is 1.81 bits per heavy atom. The predicted molar refractivity (Wildman–Crippen MR) is 127 cm³/mol. The fourth-order valence-electron chi connectivity index (χ4n) is 4.56. The zero-order valence-corrected chi connectivity index (χ0v) is 20.3. The van der Waals surface area contributed by atoms with Crippen LogP contribution in [0.25, 0.3) is 0 Å². The Morgan fingerprint density at radius 1 is 1.12 bits per heavy atom. The van der Waals surface area contributed by atoms with Crippen molar-refractivity contribution >= 4 is 30.1 Å². The number of nitrogens with zero attached hydrogens (tertiary/aromatic N) is 1. The Bertz CT molecular complexity index is 837. The van der Waals surface area contributed by atoms with Gasteiger partial charge in [-0.1, -0.05) is 45.0 Å². The highest BCUT2D eigenvalue weighted by molar-refractivity contribution is 5.94. The summed E-state index contributed by atoms with van der Waals surface area (Å²) in [4.78, 5) is 40.5. The van der Waals surface area contributed by atoms with Crippen LogP contribution in [0.15, 0.2) is 24.3 Å². The number of hydrogen-bond acceptors (Lipinski definition) is 4. The number of likely N-dealkylation sites (tertiary alicyclic amines) is 1. The van der Waals surface area contributed by atoms with Crippen molar-refractivity contribution in [3.63, 3.8) is 0 Å². The van der Waals surface area contributed by atoms with Gasteiger partial charge in [0.05, 0.1) is 12.1 Å². The molecule has 1 aromatic rings. The molecule has 3 amide bonds. The molecule has 0 unspecified atom stereocenters. The topological polar surface area (TPSA) is 105 Å². The molecule has 1 saturated heterocycles. The van der Waals surface area contributed by atoms with E-state index in [1.807, 2.05) is 32.9 Å². The summed E-state index contributed by atoms with van der Waals surface area (Å²) in [6.45, 7) is 7.82. The van der Waals surface area contributed by atoms with Crippen molar-refractivity contribution in [2.75, 3.05) is 6.54 Å². The third-order valence-corrected chi connectivity index (χ3v) is 6.34. The van der Waals surface area contributed by atoms with Crippen molar-refractivity contribution < 1.29 is 14.4 Å². The molecule has 0 saturated carbocycles. The van der Waals surface area contributed by atoms with Gasteiger partial charge in [0, 0.05) is 6.54 Å². The Kier molecular flexibility index (Phi) is 8.71. The molecule has 2 aliphatic rings. The van der Waals surface area contributed by atoms with Crippen LogP contribution in [0.1, 0.15) is 70.5 Å². The number of hydrogen-bond donors (Lipinski definition) is 3. The monoisotopic (exact) mass is 464 g/mol. The van der Waals surface area contributed by atoms with E-state index in [0.29, 0.717) is 13.0 Å². The molecule has 4 N–H and O–H groups in total. The van der Waals surface area contributed by atoms with E-state index in [1.165, 1.54) is 11.1 Å². The van der Waals surface area contributed by atoms with Crippen LogP contribution < -0.4 is 16.4 Å². The van der Waals surface area contributed by atoms with Crippen molar-refractivity contribution in [3.8, 4) is 0 Å². The minimum Gasteiger partial charge on any atom is -0.347 e. The zero-order valence-electron chi connectivity index (χ0n) is 19.5. The van der Waals surface area contributed by atoms with E-state index in [4.69, 9.17) is 5.73 Å². The number of halogens is 1. The largest absolute Gasteiger partial charge is 0.347 e. The maximum Gasteiger partial charge on any atom is 0.246 e. The lowest BCUT2D eigenvalue weighted by Gasteiger charge is -2.36. The molecule has 32 heavy (non-hydrogen) atoms. The lowest BCUT2D eigenvalue weighted by atomic mass is 9.85. The summed E-state index contributed by atoms with van der Waals surface area (Å²) >= 11 is 0. The number of nitrogens with one attached hydrogen (secondary N) is 2. The quantitative estimate of drug-likeness (QED) is 0.622. The van der Waals surface area contributed by atoms with Crippen molar-refractivity contribution in [2.45, 2.75) is 84.0 Å². The molecule has 0 spiro atoms. The number of amides is 3. The van der Waals surface area contributed by atoms with Crippen LogP contribution in [0.3, 0.4) is 0 Å². The van der Waals surface area contributed by atoms with Gasteiger partial charge in [-0.15, -0.1) is 12.4 Å². The molecule has 0 bridgehead atoms. The minimum absolute atomic E-state index is 0. The van der Waals surface area contributed by atoms with Gasteiger partial charge >= 0.3 is 0 Å². The molecule has 0 radical (unpaired) electrons. The number of rotatable bonds is 5. The normalized spacial score (nSPS) is 22.2. The van der Waals surface area contributed by atoms with Gasteiger partial charge in [-0.2, -0.15) is 0 Å². The van der Waals surface area contributed by atoms with Gasteiger partial charge in [-0.05, 0) is 55.6 Å². The number of nitrogens with two attached hydrogens (primary N) is 1. The lowest BCUT2D eigenvalue weighted by molar-refractivity contribution is -0.144. The van der Waals surface area contributed by atoms with E-state index in [0.717, 1.165) is 25.7 Å². The first kappa shape index (κ1) is 26.1. The molecule has 8 heteroatoms. The van der Waals surface area contributed by atoms with Crippen molar-refractivity contribution in [1.82, 2.24) is 15.5 Å². The first-order chi connectivity index (χ1) is 14.6. The van der Waals surface area contributed by atoms with Gasteiger partial charge in [0.25, 0.3) is 0 Å². The molecule has 1 aliphatic carbocycles. The van der Waals surface area contributed by atoms with Crippen molar-refractivity contribution in [3.05, 3.63) is 35.4 Å². The summed E-state index contributed by atoms with van der Waals surface area (Å²) in [7, 11) is 0. The molecule has 4 atom stereocenters. The molecule has 0 aromatic heterocycles. The predicted octanol–water partition coefficient (Wildman–Crippen LogP) is 2.47. The Hall–Kier alpha value is -2.12. The summed E-state index contributed by atoms with van der Waals surface area (Å²) in [6, 6.07) is 6.25. The van der Waals surface area contributed by atoms with E-state index < -0.39 is 23.5 Å². The first-order valence-electron chi connectivity index (χ1n) is 11.3. The second-order valence-corrected chi connectivity index (χ2v) is 9.94. The van der Waals surface area contributed by atoms with Gasteiger partial charge in [-0.25, -0.2) is 0 Å². The van der Waals surface area contributed by atoms with E-state index in [2.05, 4.69) is 22.8 Å². The average molecular weight is 465 g/mol. The molecule has 7 nitrogen and oxygen atoms in total. The maximum absolute atomic E-state index is 13.4. The fourth-order valence-corrected chi connectivity index (χ4v) is 4.56. The summed E-state index contributed by atoms with van der Waals surface area (Å²) in [5.74, 6) is -0.700. The number of carbonyl (C=O) groups is 3. The Balaban J connectivity index is 0.00000363. The molecular formula is C24H37ClN4O3. The number of benzene rings is 1. The van der Waals surface area contributed by atoms with Crippen LogP contribution in [-0.2, 0) is 20.8 Å². The number of fused-ring (bicyclic) bond motifs is 1. The van der Waals surface area contributed by atoms with Crippen LogP contribution in [-0.4, -0.2) is 47.3 Å². The van der Waals surface area contributed by atoms with Gasteiger partial charge in [0.1, 0.15) is 12.1 Å². The highest BCUT2D eigenvalue weighted by atomic mass is 35.5. The molecule has 3 rings (SSSR count). The van der Waals surface area contributed by atoms with Crippen LogP contribution in [0.5, 0.6) is 0 Å². The zero-order chi connectivity index (χ0) is 22.8. The molecule has 1 aliphatic heterocycles. The fraction of sp³-hybridized carbons (Fsp3) is 0.625. The van der Waals surface area contributed by atoms with Crippen LogP contribution in [0, 0.1) is 5.41 Å². The van der Waals surface area contributed by atoms with E-state index in [9.17, 15) is 14.4 Å². The summed E-state index contributed by atoms with van der Waals surface area (Å²) < 4.78 is 0. The van der Waals surface area contributed by atoms with Gasteiger partial charge < -0.3 is 21.3 Å². The van der Waals surface area contributed by atoms with Crippen LogP contribution in [0.2, 0.25) is 0 Å².